The van der Waals surface area contributed by atoms with E-state index in [4.69, 9.17) is 17.5 Å². The Morgan fingerprint density at radius 1 is 1.12 bits per heavy atom. The van der Waals surface area contributed by atoms with Gasteiger partial charge in [-0.2, -0.15) is 18.4 Å². The van der Waals surface area contributed by atoms with Crippen LogP contribution in [0.4, 0.5) is 23.2 Å². The number of nitrogens with zero attached hydrogens (tertiary/aromatic N) is 4. The Kier molecular flexibility index (Phi) is 10.1. The second kappa shape index (κ2) is 13.9. The predicted octanol–water partition coefficient (Wildman–Crippen LogP) is 5.91. The van der Waals surface area contributed by atoms with Crippen molar-refractivity contribution in [3.63, 3.8) is 0 Å². The normalized spacial score (nSPS) is 11.8. The van der Waals surface area contributed by atoms with E-state index in [1.165, 1.54) is 41.3 Å². The molecule has 0 aliphatic rings. The van der Waals surface area contributed by atoms with Crippen molar-refractivity contribution in [3.8, 4) is 6.07 Å². The first kappa shape index (κ1) is 31.2. The van der Waals surface area contributed by atoms with Crippen LogP contribution < -0.4 is 10.6 Å². The Bertz CT molecular complexity index is 1610. The number of rotatable bonds is 10. The van der Waals surface area contributed by atoms with Crippen molar-refractivity contribution < 1.29 is 22.4 Å². The molecule has 1 heterocycles. The highest BCUT2D eigenvalue weighted by atomic mass is 32.1. The topological polar surface area (TPSA) is 86.0 Å². The van der Waals surface area contributed by atoms with Crippen LogP contribution in [0.15, 0.2) is 85.3 Å². The maximum atomic E-state index is 13.8. The van der Waals surface area contributed by atoms with Crippen molar-refractivity contribution in [1.82, 2.24) is 19.8 Å². The van der Waals surface area contributed by atoms with Crippen LogP contribution in [0.2, 0.25) is 0 Å². The Morgan fingerprint density at radius 3 is 2.56 bits per heavy atom. The van der Waals surface area contributed by atoms with Crippen LogP contribution >= 0.6 is 12.2 Å². The van der Waals surface area contributed by atoms with E-state index in [9.17, 15) is 22.4 Å². The van der Waals surface area contributed by atoms with E-state index in [0.29, 0.717) is 23.5 Å². The van der Waals surface area contributed by atoms with Gasteiger partial charge < -0.3 is 20.1 Å². The number of anilines is 1. The Hall–Kier alpha value is -4.76. The number of carbonyl (C=O) groups excluding carboxylic acids is 1. The summed E-state index contributed by atoms with van der Waals surface area (Å²) in [5.41, 5.74) is 1.69. The van der Waals surface area contributed by atoms with Crippen LogP contribution in [0.5, 0.6) is 0 Å². The smallest absolute Gasteiger partial charge is 0.352 e. The number of nitrogens with one attached hydrogen (secondary N) is 2. The summed E-state index contributed by atoms with van der Waals surface area (Å²) in [6.45, 7) is 2.05. The van der Waals surface area contributed by atoms with Crippen LogP contribution in [0.3, 0.4) is 0 Å². The average molecular weight is 609 g/mol. The van der Waals surface area contributed by atoms with Crippen LogP contribution in [-0.2, 0) is 30.5 Å². The molecule has 0 unspecified atom stereocenters. The van der Waals surface area contributed by atoms with Gasteiger partial charge in [-0.25, -0.2) is 9.37 Å². The molecule has 7 nitrogen and oxygen atoms in total. The third kappa shape index (κ3) is 8.86. The van der Waals surface area contributed by atoms with Crippen molar-refractivity contribution in [2.75, 3.05) is 11.9 Å². The summed E-state index contributed by atoms with van der Waals surface area (Å²) >= 11 is 5.53. The number of thiocarbonyl (C=S) groups is 1. The van der Waals surface area contributed by atoms with Gasteiger partial charge in [-0.15, -0.1) is 0 Å². The SMILES string of the molecule is C[C@@H](CN(Cc1ccccc1C(F)(F)F)C(=S)Nc1cccc(F)c1)NC(=O)Cc1cncn1Cc1ccc(C#N)cc1. The number of nitriles is 1. The van der Waals surface area contributed by atoms with Crippen LogP contribution in [0, 0.1) is 17.1 Å². The fourth-order valence-electron chi connectivity index (χ4n) is 4.51. The summed E-state index contributed by atoms with van der Waals surface area (Å²) in [5.74, 6) is -0.811. The molecular formula is C31H28F4N6OS. The largest absolute Gasteiger partial charge is 0.416 e. The first-order valence-electron chi connectivity index (χ1n) is 13.3. The Labute approximate surface area is 251 Å². The molecule has 1 aromatic heterocycles. The summed E-state index contributed by atoms with van der Waals surface area (Å²) in [6.07, 6.45) is -1.35. The summed E-state index contributed by atoms with van der Waals surface area (Å²) in [6, 6.07) is 19.4. The third-order valence-electron chi connectivity index (χ3n) is 6.52. The van der Waals surface area contributed by atoms with Crippen LogP contribution in [0.25, 0.3) is 0 Å². The van der Waals surface area contributed by atoms with Gasteiger partial charge in [0, 0.05) is 43.3 Å². The van der Waals surface area contributed by atoms with Crippen LogP contribution in [0.1, 0.15) is 34.9 Å². The van der Waals surface area contributed by atoms with Crippen molar-refractivity contribution in [2.24, 2.45) is 0 Å². The van der Waals surface area contributed by atoms with E-state index in [-0.39, 0.29) is 36.1 Å². The summed E-state index contributed by atoms with van der Waals surface area (Å²) in [7, 11) is 0. The number of imidazole rings is 1. The molecule has 0 fully saturated rings. The van der Waals surface area contributed by atoms with Gasteiger partial charge in [-0.05, 0) is 66.7 Å². The second-order valence-electron chi connectivity index (χ2n) is 9.94. The zero-order valence-electron chi connectivity index (χ0n) is 23.1. The summed E-state index contributed by atoms with van der Waals surface area (Å²) in [4.78, 5) is 18.6. The van der Waals surface area contributed by atoms with Gasteiger partial charge >= 0.3 is 6.18 Å². The number of hydrogen-bond acceptors (Lipinski definition) is 4. The third-order valence-corrected chi connectivity index (χ3v) is 6.89. The molecule has 2 N–H and O–H groups in total. The lowest BCUT2D eigenvalue weighted by atomic mass is 10.1. The van der Waals surface area contributed by atoms with Crippen molar-refractivity contribution in [1.29, 1.82) is 5.26 Å². The number of halogens is 4. The lowest BCUT2D eigenvalue weighted by Gasteiger charge is -2.30. The number of benzene rings is 3. The zero-order chi connectivity index (χ0) is 31.0. The molecule has 43 heavy (non-hydrogen) atoms. The van der Waals surface area contributed by atoms with Crippen molar-refractivity contribution in [3.05, 3.63) is 119 Å². The monoisotopic (exact) mass is 608 g/mol. The van der Waals surface area contributed by atoms with E-state index in [1.54, 1.807) is 37.6 Å². The molecule has 0 aliphatic carbocycles. The minimum atomic E-state index is -4.57. The number of alkyl halides is 3. The number of aromatic nitrogens is 2. The molecule has 0 bridgehead atoms. The Morgan fingerprint density at radius 2 is 1.86 bits per heavy atom. The van der Waals surface area contributed by atoms with Crippen LogP contribution in [-0.4, -0.2) is 38.1 Å². The van der Waals surface area contributed by atoms with Gasteiger partial charge in [0.25, 0.3) is 0 Å². The number of hydrogen-bond donors (Lipinski definition) is 2. The molecule has 222 valence electrons. The number of carbonyl (C=O) groups is 1. The highest BCUT2D eigenvalue weighted by Crippen LogP contribution is 2.32. The quantitative estimate of drug-likeness (QED) is 0.172. The molecule has 0 radical (unpaired) electrons. The Balaban J connectivity index is 1.45. The standard InChI is InChI=1S/C31H28F4N6OS/c1-21(38-29(42)14-27-16-37-20-41(27)18-23-11-9-22(15-36)10-12-23)17-40(30(43)39-26-7-4-6-25(32)13-26)19-24-5-2-3-8-28(24)31(33,34)35/h2-13,16,20-21H,14,17-19H2,1H3,(H,38,42)(H,39,43)/t21-/m0/s1. The maximum absolute atomic E-state index is 13.8. The zero-order valence-corrected chi connectivity index (χ0v) is 23.9. The molecule has 1 amide bonds. The molecule has 12 heteroatoms. The van der Waals surface area contributed by atoms with Crippen molar-refractivity contribution >= 4 is 28.9 Å². The van der Waals surface area contributed by atoms with Gasteiger partial charge in [0.05, 0.1) is 29.9 Å². The van der Waals surface area contributed by atoms with E-state index in [2.05, 4.69) is 21.7 Å². The molecule has 4 aromatic rings. The maximum Gasteiger partial charge on any atom is 0.416 e. The predicted molar refractivity (Wildman–Crippen MR) is 158 cm³/mol. The first-order valence-corrected chi connectivity index (χ1v) is 13.7. The summed E-state index contributed by atoms with van der Waals surface area (Å²) in [5, 5.41) is 14.8. The lowest BCUT2D eigenvalue weighted by Crippen LogP contribution is -2.46. The van der Waals surface area contributed by atoms with E-state index < -0.39 is 23.6 Å². The molecule has 0 aliphatic heterocycles. The van der Waals surface area contributed by atoms with Crippen molar-refractivity contribution in [2.45, 2.75) is 38.7 Å². The first-order chi connectivity index (χ1) is 20.5. The minimum absolute atomic E-state index is 0.00335. The molecule has 0 spiro atoms. The van der Waals surface area contributed by atoms with Gasteiger partial charge in [0.1, 0.15) is 5.82 Å². The number of amides is 1. The summed E-state index contributed by atoms with van der Waals surface area (Å²) < 4.78 is 56.8. The van der Waals surface area contributed by atoms with E-state index in [1.807, 2.05) is 16.7 Å². The molecular weight excluding hydrogens is 580 g/mol. The van der Waals surface area contributed by atoms with Gasteiger partial charge in [0.15, 0.2) is 5.11 Å². The fourth-order valence-corrected chi connectivity index (χ4v) is 4.77. The molecule has 0 saturated carbocycles. The molecule has 4 rings (SSSR count). The van der Waals surface area contributed by atoms with Gasteiger partial charge in [-0.3, -0.25) is 4.79 Å². The van der Waals surface area contributed by atoms with Gasteiger partial charge in [-0.1, -0.05) is 36.4 Å². The van der Waals surface area contributed by atoms with E-state index >= 15 is 0 Å². The lowest BCUT2D eigenvalue weighted by molar-refractivity contribution is -0.138. The molecule has 3 aromatic carbocycles. The van der Waals surface area contributed by atoms with E-state index in [0.717, 1.165) is 11.6 Å². The highest BCUT2D eigenvalue weighted by molar-refractivity contribution is 7.80. The highest BCUT2D eigenvalue weighted by Gasteiger charge is 2.33. The fraction of sp³-hybridized carbons (Fsp3) is 0.226. The second-order valence-corrected chi connectivity index (χ2v) is 10.3. The molecule has 1 atom stereocenters. The molecule has 0 saturated heterocycles. The minimum Gasteiger partial charge on any atom is -0.352 e. The average Bonchev–Trinajstić information content (AvgIpc) is 3.38. The van der Waals surface area contributed by atoms with Gasteiger partial charge in [0.2, 0.25) is 5.91 Å².